The van der Waals surface area contributed by atoms with Crippen LogP contribution >= 0.6 is 0 Å². The summed E-state index contributed by atoms with van der Waals surface area (Å²) < 4.78 is 0. The summed E-state index contributed by atoms with van der Waals surface area (Å²) in [6, 6.07) is 5.55. The predicted octanol–water partition coefficient (Wildman–Crippen LogP) is 1.89. The van der Waals surface area contributed by atoms with E-state index in [-0.39, 0.29) is 11.9 Å². The maximum absolute atomic E-state index is 12.2. The van der Waals surface area contributed by atoms with Crippen LogP contribution in [0.4, 0.5) is 5.82 Å². The highest BCUT2D eigenvalue weighted by Crippen LogP contribution is 2.22. The van der Waals surface area contributed by atoms with E-state index in [9.17, 15) is 4.79 Å². The maximum atomic E-state index is 12.2. The molecule has 0 aromatic carbocycles. The Bertz CT molecular complexity index is 681. The molecular formula is C17H21N5O. The van der Waals surface area contributed by atoms with E-state index >= 15 is 0 Å². The number of hydrogen-bond acceptors (Lipinski definition) is 5. The maximum Gasteiger partial charge on any atom is 0.270 e. The molecule has 2 aromatic heterocycles. The van der Waals surface area contributed by atoms with Crippen molar-refractivity contribution in [1.29, 1.82) is 0 Å². The topological polar surface area (TPSA) is 71.0 Å². The van der Waals surface area contributed by atoms with Crippen molar-refractivity contribution >= 4 is 11.7 Å². The fourth-order valence-corrected chi connectivity index (χ4v) is 2.84. The quantitative estimate of drug-likeness (QED) is 0.937. The zero-order valence-electron chi connectivity index (χ0n) is 13.5. The lowest BCUT2D eigenvalue weighted by Gasteiger charge is -2.34. The third kappa shape index (κ3) is 3.47. The highest BCUT2D eigenvalue weighted by molar-refractivity contribution is 5.92. The van der Waals surface area contributed by atoms with Gasteiger partial charge in [0.2, 0.25) is 0 Å². The minimum atomic E-state index is -0.0990. The van der Waals surface area contributed by atoms with E-state index in [0.717, 1.165) is 43.0 Å². The molecule has 1 fully saturated rings. The SMILES string of the molecule is Cc1ncnc(N2CCC(NC(=O)c3ccccn3)CC2)c1C. The van der Waals surface area contributed by atoms with E-state index in [1.165, 1.54) is 0 Å². The van der Waals surface area contributed by atoms with E-state index in [2.05, 4.69) is 32.1 Å². The number of carbonyl (C=O) groups excluding carboxylic acids is 1. The molecule has 3 rings (SSSR count). The van der Waals surface area contributed by atoms with E-state index in [1.807, 2.05) is 13.0 Å². The number of nitrogens with zero attached hydrogens (tertiary/aromatic N) is 4. The first-order valence-corrected chi connectivity index (χ1v) is 7.90. The number of amides is 1. The first-order chi connectivity index (χ1) is 11.1. The van der Waals surface area contributed by atoms with Gasteiger partial charge in [-0.1, -0.05) is 6.07 Å². The summed E-state index contributed by atoms with van der Waals surface area (Å²) in [5.74, 6) is 0.908. The summed E-state index contributed by atoms with van der Waals surface area (Å²) >= 11 is 0. The Balaban J connectivity index is 1.58. The monoisotopic (exact) mass is 311 g/mol. The van der Waals surface area contributed by atoms with Crippen LogP contribution in [0.2, 0.25) is 0 Å². The molecule has 0 unspecified atom stereocenters. The van der Waals surface area contributed by atoms with Gasteiger partial charge in [0.15, 0.2) is 0 Å². The molecule has 1 saturated heterocycles. The van der Waals surface area contributed by atoms with E-state index in [4.69, 9.17) is 0 Å². The number of pyridine rings is 1. The van der Waals surface area contributed by atoms with Crippen LogP contribution in [-0.4, -0.2) is 40.0 Å². The normalized spacial score (nSPS) is 15.5. The Morgan fingerprint density at radius 2 is 1.96 bits per heavy atom. The van der Waals surface area contributed by atoms with Crippen LogP contribution in [0, 0.1) is 13.8 Å². The Morgan fingerprint density at radius 1 is 1.17 bits per heavy atom. The van der Waals surface area contributed by atoms with Gasteiger partial charge < -0.3 is 10.2 Å². The van der Waals surface area contributed by atoms with Crippen molar-refractivity contribution in [3.05, 3.63) is 47.7 Å². The first-order valence-electron chi connectivity index (χ1n) is 7.90. The van der Waals surface area contributed by atoms with E-state index in [0.29, 0.717) is 5.69 Å². The van der Waals surface area contributed by atoms with Crippen LogP contribution in [0.3, 0.4) is 0 Å². The molecule has 0 radical (unpaired) electrons. The molecule has 1 aliphatic heterocycles. The van der Waals surface area contributed by atoms with Gasteiger partial charge in [-0.2, -0.15) is 0 Å². The van der Waals surface area contributed by atoms with Gasteiger partial charge in [0, 0.05) is 36.6 Å². The number of piperidine rings is 1. The molecular weight excluding hydrogens is 290 g/mol. The van der Waals surface area contributed by atoms with Gasteiger partial charge in [0.25, 0.3) is 5.91 Å². The van der Waals surface area contributed by atoms with Gasteiger partial charge in [-0.05, 0) is 38.8 Å². The van der Waals surface area contributed by atoms with Crippen molar-refractivity contribution in [2.45, 2.75) is 32.7 Å². The fraction of sp³-hybridized carbons (Fsp3) is 0.412. The van der Waals surface area contributed by atoms with Crippen molar-refractivity contribution in [2.75, 3.05) is 18.0 Å². The average Bonchev–Trinajstić information content (AvgIpc) is 2.59. The lowest BCUT2D eigenvalue weighted by Crippen LogP contribution is -2.45. The zero-order valence-corrected chi connectivity index (χ0v) is 13.5. The summed E-state index contributed by atoms with van der Waals surface area (Å²) in [5.41, 5.74) is 2.61. The standard InChI is InChI=1S/C17H21N5O/c1-12-13(2)19-11-20-16(12)22-9-6-14(7-10-22)21-17(23)15-5-3-4-8-18-15/h3-5,8,11,14H,6-7,9-10H2,1-2H3,(H,21,23). The summed E-state index contributed by atoms with van der Waals surface area (Å²) in [6.45, 7) is 5.81. The van der Waals surface area contributed by atoms with Crippen molar-refractivity contribution in [2.24, 2.45) is 0 Å². The smallest absolute Gasteiger partial charge is 0.270 e. The van der Waals surface area contributed by atoms with Crippen LogP contribution in [0.25, 0.3) is 0 Å². The van der Waals surface area contributed by atoms with Gasteiger partial charge >= 0.3 is 0 Å². The lowest BCUT2D eigenvalue weighted by atomic mass is 10.0. The molecule has 0 atom stereocenters. The molecule has 120 valence electrons. The third-order valence-corrected chi connectivity index (χ3v) is 4.34. The first kappa shape index (κ1) is 15.4. The Hall–Kier alpha value is -2.50. The fourth-order valence-electron chi connectivity index (χ4n) is 2.84. The van der Waals surface area contributed by atoms with Gasteiger partial charge in [-0.3, -0.25) is 9.78 Å². The Kier molecular flexibility index (Phi) is 4.50. The molecule has 0 spiro atoms. The van der Waals surface area contributed by atoms with E-state index in [1.54, 1.807) is 24.7 Å². The van der Waals surface area contributed by atoms with Crippen LogP contribution in [-0.2, 0) is 0 Å². The minimum Gasteiger partial charge on any atom is -0.356 e. The third-order valence-electron chi connectivity index (χ3n) is 4.34. The van der Waals surface area contributed by atoms with Gasteiger partial charge in [-0.25, -0.2) is 9.97 Å². The van der Waals surface area contributed by atoms with Gasteiger partial charge in [-0.15, -0.1) is 0 Å². The number of rotatable bonds is 3. The number of hydrogen-bond donors (Lipinski definition) is 1. The molecule has 0 aliphatic carbocycles. The second kappa shape index (κ2) is 6.73. The molecule has 6 nitrogen and oxygen atoms in total. The Labute approximate surface area is 136 Å². The number of carbonyl (C=O) groups is 1. The molecule has 0 bridgehead atoms. The molecule has 1 N–H and O–H groups in total. The molecule has 3 heterocycles. The van der Waals surface area contributed by atoms with Gasteiger partial charge in [0.1, 0.15) is 17.8 Å². The zero-order chi connectivity index (χ0) is 16.2. The molecule has 23 heavy (non-hydrogen) atoms. The molecule has 6 heteroatoms. The minimum absolute atomic E-state index is 0.0990. The number of aromatic nitrogens is 3. The predicted molar refractivity (Wildman–Crippen MR) is 88.4 cm³/mol. The molecule has 2 aromatic rings. The van der Waals surface area contributed by atoms with Crippen molar-refractivity contribution in [3.63, 3.8) is 0 Å². The highest BCUT2D eigenvalue weighted by atomic mass is 16.1. The summed E-state index contributed by atoms with van der Waals surface area (Å²) in [6.07, 6.45) is 5.06. The van der Waals surface area contributed by atoms with Crippen molar-refractivity contribution < 1.29 is 4.79 Å². The second-order valence-corrected chi connectivity index (χ2v) is 5.86. The summed E-state index contributed by atoms with van der Waals surface area (Å²) in [5, 5.41) is 3.07. The van der Waals surface area contributed by atoms with Crippen LogP contribution < -0.4 is 10.2 Å². The molecule has 1 aliphatic rings. The van der Waals surface area contributed by atoms with Crippen molar-refractivity contribution in [3.8, 4) is 0 Å². The molecule has 1 amide bonds. The number of anilines is 1. The van der Waals surface area contributed by atoms with E-state index < -0.39 is 0 Å². The number of nitrogens with one attached hydrogen (secondary N) is 1. The summed E-state index contributed by atoms with van der Waals surface area (Å²) in [7, 11) is 0. The Morgan fingerprint density at radius 3 is 2.65 bits per heavy atom. The van der Waals surface area contributed by atoms with Crippen LogP contribution in [0.1, 0.15) is 34.6 Å². The van der Waals surface area contributed by atoms with Crippen LogP contribution in [0.5, 0.6) is 0 Å². The number of aryl methyl sites for hydroxylation is 1. The van der Waals surface area contributed by atoms with Crippen molar-refractivity contribution in [1.82, 2.24) is 20.3 Å². The second-order valence-electron chi connectivity index (χ2n) is 5.86. The highest BCUT2D eigenvalue weighted by Gasteiger charge is 2.23. The lowest BCUT2D eigenvalue weighted by molar-refractivity contribution is 0.0926. The van der Waals surface area contributed by atoms with Crippen LogP contribution in [0.15, 0.2) is 30.7 Å². The molecule has 0 saturated carbocycles. The van der Waals surface area contributed by atoms with Gasteiger partial charge in [0.05, 0.1) is 0 Å². The summed E-state index contributed by atoms with van der Waals surface area (Å²) in [4.78, 5) is 27.1. The average molecular weight is 311 g/mol. The largest absolute Gasteiger partial charge is 0.356 e.